The first-order chi connectivity index (χ1) is 9.85. The highest BCUT2D eigenvalue weighted by Crippen LogP contribution is 2.40. The molecule has 0 heterocycles. The van der Waals surface area contributed by atoms with Crippen molar-refractivity contribution < 1.29 is 17.6 Å². The van der Waals surface area contributed by atoms with Crippen molar-refractivity contribution >= 4 is 29.1 Å². The Hall–Kier alpha value is -1.40. The van der Waals surface area contributed by atoms with Crippen LogP contribution in [0.1, 0.15) is 5.56 Å². The van der Waals surface area contributed by atoms with Crippen molar-refractivity contribution in [2.24, 2.45) is 0 Å². The van der Waals surface area contributed by atoms with Crippen molar-refractivity contribution in [2.75, 3.05) is 5.32 Å². The average Bonchev–Trinajstić information content (AvgIpc) is 2.39. The van der Waals surface area contributed by atoms with Crippen LogP contribution in [0.4, 0.5) is 23.2 Å². The van der Waals surface area contributed by atoms with Crippen molar-refractivity contribution in [1.29, 1.82) is 0 Å². The minimum absolute atomic E-state index is 0.0347. The fourth-order valence-corrected chi connectivity index (χ4v) is 2.54. The summed E-state index contributed by atoms with van der Waals surface area (Å²) in [6.07, 6.45) is 0. The van der Waals surface area contributed by atoms with E-state index in [1.54, 1.807) is 6.07 Å². The number of para-hydroxylation sites is 1. The molecule has 2 aromatic rings. The summed E-state index contributed by atoms with van der Waals surface area (Å²) in [6, 6.07) is 10.1. The predicted octanol–water partition coefficient (Wildman–Crippen LogP) is 5.70. The van der Waals surface area contributed by atoms with Gasteiger partial charge in [-0.05, 0) is 42.1 Å². The number of nitrogens with one attached hydrogen (secondary N) is 1. The van der Waals surface area contributed by atoms with Gasteiger partial charge in [0, 0.05) is 27.7 Å². The summed E-state index contributed by atoms with van der Waals surface area (Å²) in [4.78, 5) is 0.0347. The molecule has 0 spiro atoms. The van der Waals surface area contributed by atoms with Gasteiger partial charge in [-0.3, -0.25) is 0 Å². The molecule has 2 aromatic carbocycles. The molecule has 0 unspecified atom stereocenters. The van der Waals surface area contributed by atoms with Gasteiger partial charge in [0.05, 0.1) is 0 Å². The van der Waals surface area contributed by atoms with Crippen LogP contribution in [0, 0.1) is 5.82 Å². The molecule has 2 rings (SSSR count). The Labute approximate surface area is 128 Å². The van der Waals surface area contributed by atoms with E-state index in [4.69, 9.17) is 11.6 Å². The molecule has 0 atom stereocenters. The van der Waals surface area contributed by atoms with E-state index in [1.165, 1.54) is 36.4 Å². The van der Waals surface area contributed by atoms with E-state index in [9.17, 15) is 17.6 Å². The topological polar surface area (TPSA) is 12.0 Å². The standard InChI is InChI=1S/C14H10ClF4NS/c15-10-5-6-11(16)9(7-10)8-20-12-3-1-2-4-13(12)21-14(17,18)19/h1-7,20H,8H2. The second-order valence-corrected chi connectivity index (χ2v) is 5.68. The van der Waals surface area contributed by atoms with Crippen LogP contribution < -0.4 is 5.32 Å². The molecule has 0 amide bonds. The van der Waals surface area contributed by atoms with Crippen LogP contribution in [0.2, 0.25) is 5.02 Å². The lowest BCUT2D eigenvalue weighted by Crippen LogP contribution is -2.05. The summed E-state index contributed by atoms with van der Waals surface area (Å²) in [5.41, 5.74) is -3.80. The van der Waals surface area contributed by atoms with E-state index >= 15 is 0 Å². The maximum Gasteiger partial charge on any atom is 0.446 e. The second-order valence-electron chi connectivity index (χ2n) is 4.13. The molecule has 21 heavy (non-hydrogen) atoms. The number of thioether (sulfide) groups is 1. The Morgan fingerprint density at radius 3 is 2.52 bits per heavy atom. The maximum absolute atomic E-state index is 13.6. The van der Waals surface area contributed by atoms with E-state index in [0.29, 0.717) is 10.7 Å². The van der Waals surface area contributed by atoms with Crippen LogP contribution >= 0.6 is 23.4 Å². The lowest BCUT2D eigenvalue weighted by molar-refractivity contribution is -0.0327. The highest BCUT2D eigenvalue weighted by molar-refractivity contribution is 8.00. The third kappa shape index (κ3) is 4.82. The number of halogens is 5. The zero-order valence-electron chi connectivity index (χ0n) is 10.5. The fourth-order valence-electron chi connectivity index (χ4n) is 1.70. The molecule has 0 aromatic heterocycles. The summed E-state index contributed by atoms with van der Waals surface area (Å²) in [6.45, 7) is 0.0435. The van der Waals surface area contributed by atoms with Crippen molar-refractivity contribution in [3.8, 4) is 0 Å². The Balaban J connectivity index is 2.15. The fraction of sp³-hybridized carbons (Fsp3) is 0.143. The minimum atomic E-state index is -4.38. The third-order valence-electron chi connectivity index (χ3n) is 2.59. The molecule has 1 nitrogen and oxygen atoms in total. The predicted molar refractivity (Wildman–Crippen MR) is 77.1 cm³/mol. The summed E-state index contributed by atoms with van der Waals surface area (Å²) in [5.74, 6) is -0.465. The molecule has 0 radical (unpaired) electrons. The zero-order valence-corrected chi connectivity index (χ0v) is 12.1. The van der Waals surface area contributed by atoms with E-state index in [-0.39, 0.29) is 28.8 Å². The van der Waals surface area contributed by atoms with Crippen molar-refractivity contribution in [3.63, 3.8) is 0 Å². The normalized spacial score (nSPS) is 11.5. The van der Waals surface area contributed by atoms with Crippen LogP contribution in [-0.4, -0.2) is 5.51 Å². The van der Waals surface area contributed by atoms with Crippen molar-refractivity contribution in [1.82, 2.24) is 0 Å². The van der Waals surface area contributed by atoms with Gasteiger partial charge in [0.1, 0.15) is 5.82 Å². The molecule has 0 saturated heterocycles. The highest BCUT2D eigenvalue weighted by Gasteiger charge is 2.30. The summed E-state index contributed by atoms with van der Waals surface area (Å²) in [7, 11) is 0. The van der Waals surface area contributed by atoms with Gasteiger partial charge in [-0.2, -0.15) is 13.2 Å². The Bertz CT molecular complexity index is 631. The number of hydrogen-bond donors (Lipinski definition) is 1. The SMILES string of the molecule is Fc1ccc(Cl)cc1CNc1ccccc1SC(F)(F)F. The minimum Gasteiger partial charge on any atom is -0.380 e. The maximum atomic E-state index is 13.6. The van der Waals surface area contributed by atoms with Crippen LogP contribution in [0.5, 0.6) is 0 Å². The van der Waals surface area contributed by atoms with E-state index in [0.717, 1.165) is 0 Å². The van der Waals surface area contributed by atoms with Gasteiger partial charge in [-0.1, -0.05) is 23.7 Å². The van der Waals surface area contributed by atoms with Gasteiger partial charge in [-0.15, -0.1) is 0 Å². The lowest BCUT2D eigenvalue weighted by Gasteiger charge is -2.13. The van der Waals surface area contributed by atoms with Gasteiger partial charge in [-0.25, -0.2) is 4.39 Å². The van der Waals surface area contributed by atoms with E-state index in [2.05, 4.69) is 5.32 Å². The van der Waals surface area contributed by atoms with Crippen LogP contribution in [-0.2, 0) is 6.54 Å². The number of alkyl halides is 3. The molecular formula is C14H10ClF4NS. The van der Waals surface area contributed by atoms with Gasteiger partial charge in [0.25, 0.3) is 0 Å². The molecule has 0 aliphatic heterocycles. The van der Waals surface area contributed by atoms with Crippen LogP contribution in [0.15, 0.2) is 47.4 Å². The molecule has 0 aliphatic carbocycles. The van der Waals surface area contributed by atoms with Gasteiger partial charge < -0.3 is 5.32 Å². The summed E-state index contributed by atoms with van der Waals surface area (Å²) < 4.78 is 50.9. The van der Waals surface area contributed by atoms with Gasteiger partial charge in [0.2, 0.25) is 0 Å². The molecular weight excluding hydrogens is 326 g/mol. The van der Waals surface area contributed by atoms with Gasteiger partial charge >= 0.3 is 5.51 Å². The monoisotopic (exact) mass is 335 g/mol. The highest BCUT2D eigenvalue weighted by atomic mass is 35.5. The van der Waals surface area contributed by atoms with E-state index < -0.39 is 11.3 Å². The zero-order chi connectivity index (χ0) is 15.5. The molecule has 0 fully saturated rings. The summed E-state index contributed by atoms with van der Waals surface area (Å²) in [5, 5.41) is 3.17. The average molecular weight is 336 g/mol. The third-order valence-corrected chi connectivity index (χ3v) is 3.63. The molecule has 0 saturated carbocycles. The second kappa shape index (κ2) is 6.58. The van der Waals surface area contributed by atoms with E-state index in [1.807, 2.05) is 0 Å². The first-order valence-corrected chi connectivity index (χ1v) is 7.07. The van der Waals surface area contributed by atoms with Crippen LogP contribution in [0.25, 0.3) is 0 Å². The van der Waals surface area contributed by atoms with Crippen molar-refractivity contribution in [3.05, 3.63) is 58.9 Å². The summed E-state index contributed by atoms with van der Waals surface area (Å²) >= 11 is 5.56. The Morgan fingerprint density at radius 2 is 1.81 bits per heavy atom. The molecule has 112 valence electrons. The quantitative estimate of drug-likeness (QED) is 0.568. The number of benzene rings is 2. The Morgan fingerprint density at radius 1 is 1.10 bits per heavy atom. The first kappa shape index (κ1) is 16.0. The number of hydrogen-bond acceptors (Lipinski definition) is 2. The molecule has 1 N–H and O–H groups in total. The number of anilines is 1. The lowest BCUT2D eigenvalue weighted by atomic mass is 10.2. The Kier molecular flexibility index (Phi) is 5.00. The van der Waals surface area contributed by atoms with Gasteiger partial charge in [0.15, 0.2) is 0 Å². The molecule has 0 bridgehead atoms. The largest absolute Gasteiger partial charge is 0.446 e. The molecule has 7 heteroatoms. The smallest absolute Gasteiger partial charge is 0.380 e. The molecule has 0 aliphatic rings. The van der Waals surface area contributed by atoms with Crippen LogP contribution in [0.3, 0.4) is 0 Å². The number of rotatable bonds is 4. The van der Waals surface area contributed by atoms with Crippen molar-refractivity contribution in [2.45, 2.75) is 16.9 Å². The first-order valence-electron chi connectivity index (χ1n) is 5.88.